The highest BCUT2D eigenvalue weighted by Gasteiger charge is 2.30. The standard InChI is InChI=1S/C22H30N2O4S/c1-7-20(18-11-12-21(28-5)16(3)14-18)23-22(25)17(4)24(29(6,26)27)19-10-8-9-15(2)13-19/h8-14,17,20H,7H2,1-6H3,(H,23,25)/t17-,20-/m0/s1. The van der Waals surface area contributed by atoms with E-state index in [1.807, 2.05) is 45.0 Å². The fourth-order valence-electron chi connectivity index (χ4n) is 3.41. The molecule has 2 rings (SSSR count). The van der Waals surface area contributed by atoms with Crippen LogP contribution in [0.3, 0.4) is 0 Å². The van der Waals surface area contributed by atoms with E-state index in [4.69, 9.17) is 4.74 Å². The Balaban J connectivity index is 2.29. The summed E-state index contributed by atoms with van der Waals surface area (Å²) >= 11 is 0. The third-order valence-corrected chi connectivity index (χ3v) is 6.13. The number of sulfonamides is 1. The molecule has 0 aliphatic carbocycles. The Kier molecular flexibility index (Phi) is 7.30. The number of nitrogens with zero attached hydrogens (tertiary/aromatic N) is 1. The van der Waals surface area contributed by atoms with E-state index in [1.54, 1.807) is 32.2 Å². The van der Waals surface area contributed by atoms with Gasteiger partial charge in [0.05, 0.1) is 25.1 Å². The molecule has 0 radical (unpaired) electrons. The molecule has 0 spiro atoms. The SMILES string of the molecule is CC[C@H](NC(=O)[C@H](C)N(c1cccc(C)c1)S(C)(=O)=O)c1ccc(OC)c(C)c1. The summed E-state index contributed by atoms with van der Waals surface area (Å²) in [5, 5.41) is 3.00. The number of aryl methyl sites for hydroxylation is 2. The van der Waals surface area contributed by atoms with E-state index < -0.39 is 16.1 Å². The largest absolute Gasteiger partial charge is 0.496 e. The van der Waals surface area contributed by atoms with Gasteiger partial charge < -0.3 is 10.1 Å². The molecule has 7 heteroatoms. The van der Waals surface area contributed by atoms with Gasteiger partial charge in [0, 0.05) is 0 Å². The summed E-state index contributed by atoms with van der Waals surface area (Å²) in [6, 6.07) is 11.8. The van der Waals surface area contributed by atoms with Crippen molar-refractivity contribution >= 4 is 21.6 Å². The molecule has 0 saturated carbocycles. The lowest BCUT2D eigenvalue weighted by atomic mass is 10.0. The fraction of sp³-hybridized carbons (Fsp3) is 0.409. The van der Waals surface area contributed by atoms with Crippen molar-refractivity contribution in [2.24, 2.45) is 0 Å². The van der Waals surface area contributed by atoms with E-state index in [0.29, 0.717) is 12.1 Å². The van der Waals surface area contributed by atoms with Crippen molar-refractivity contribution in [2.45, 2.75) is 46.2 Å². The van der Waals surface area contributed by atoms with Crippen LogP contribution in [0.15, 0.2) is 42.5 Å². The number of carbonyl (C=O) groups is 1. The second kappa shape index (κ2) is 9.31. The molecule has 0 heterocycles. The van der Waals surface area contributed by atoms with Crippen LogP contribution in [0.25, 0.3) is 0 Å². The molecule has 0 fully saturated rings. The number of carbonyl (C=O) groups excluding carboxylic acids is 1. The third-order valence-electron chi connectivity index (χ3n) is 4.89. The van der Waals surface area contributed by atoms with Crippen LogP contribution in [0.5, 0.6) is 5.75 Å². The van der Waals surface area contributed by atoms with Crippen molar-refractivity contribution in [2.75, 3.05) is 17.7 Å². The molecule has 6 nitrogen and oxygen atoms in total. The van der Waals surface area contributed by atoms with Gasteiger partial charge in [-0.2, -0.15) is 0 Å². The molecule has 158 valence electrons. The quantitative estimate of drug-likeness (QED) is 0.709. The maximum absolute atomic E-state index is 13.0. The summed E-state index contributed by atoms with van der Waals surface area (Å²) in [6.45, 7) is 7.41. The van der Waals surface area contributed by atoms with Crippen LogP contribution in [0.4, 0.5) is 5.69 Å². The van der Waals surface area contributed by atoms with Crippen molar-refractivity contribution in [1.29, 1.82) is 0 Å². The minimum Gasteiger partial charge on any atom is -0.496 e. The average Bonchev–Trinajstić information content (AvgIpc) is 2.64. The fourth-order valence-corrected chi connectivity index (χ4v) is 4.57. The van der Waals surface area contributed by atoms with E-state index in [0.717, 1.165) is 28.7 Å². The summed E-state index contributed by atoms with van der Waals surface area (Å²) in [7, 11) is -2.03. The maximum atomic E-state index is 13.0. The number of ether oxygens (including phenoxy) is 1. The van der Waals surface area contributed by atoms with Crippen molar-refractivity contribution in [3.63, 3.8) is 0 Å². The summed E-state index contributed by atoms with van der Waals surface area (Å²) in [4.78, 5) is 13.0. The summed E-state index contributed by atoms with van der Waals surface area (Å²) in [6.07, 6.45) is 1.79. The predicted molar refractivity (Wildman–Crippen MR) is 117 cm³/mol. The van der Waals surface area contributed by atoms with E-state index in [-0.39, 0.29) is 11.9 Å². The Hall–Kier alpha value is -2.54. The van der Waals surface area contributed by atoms with Crippen molar-refractivity contribution in [3.8, 4) is 5.75 Å². The molecule has 2 aromatic rings. The summed E-state index contributed by atoms with van der Waals surface area (Å²) in [5.74, 6) is 0.434. The minimum atomic E-state index is -3.65. The smallest absolute Gasteiger partial charge is 0.244 e. The molecule has 0 aromatic heterocycles. The van der Waals surface area contributed by atoms with Crippen LogP contribution in [0.2, 0.25) is 0 Å². The van der Waals surface area contributed by atoms with Gasteiger partial charge in [-0.05, 0) is 62.1 Å². The molecule has 1 N–H and O–H groups in total. The lowest BCUT2D eigenvalue weighted by Gasteiger charge is -2.30. The van der Waals surface area contributed by atoms with Crippen molar-refractivity contribution in [1.82, 2.24) is 5.32 Å². The van der Waals surface area contributed by atoms with E-state index in [2.05, 4.69) is 5.32 Å². The van der Waals surface area contributed by atoms with Gasteiger partial charge in [0.2, 0.25) is 15.9 Å². The lowest BCUT2D eigenvalue weighted by Crippen LogP contribution is -2.48. The molecule has 0 aliphatic rings. The molecule has 2 atom stereocenters. The van der Waals surface area contributed by atoms with Crippen molar-refractivity contribution < 1.29 is 17.9 Å². The third kappa shape index (κ3) is 5.50. The van der Waals surface area contributed by atoms with Crippen LogP contribution in [0.1, 0.15) is 43.0 Å². The number of anilines is 1. The Bertz CT molecular complexity index is 973. The van der Waals surface area contributed by atoms with Crippen LogP contribution < -0.4 is 14.4 Å². The Morgan fingerprint density at radius 2 is 1.86 bits per heavy atom. The number of nitrogens with one attached hydrogen (secondary N) is 1. The van der Waals surface area contributed by atoms with Gasteiger partial charge in [0.15, 0.2) is 0 Å². The van der Waals surface area contributed by atoms with Gasteiger partial charge in [0.25, 0.3) is 0 Å². The molecular weight excluding hydrogens is 388 g/mol. The molecular formula is C22H30N2O4S. The zero-order valence-electron chi connectivity index (χ0n) is 17.9. The van der Waals surface area contributed by atoms with E-state index >= 15 is 0 Å². The molecule has 0 bridgehead atoms. The molecule has 29 heavy (non-hydrogen) atoms. The second-order valence-electron chi connectivity index (χ2n) is 7.27. The number of rotatable bonds is 8. The predicted octanol–water partition coefficient (Wildman–Crippen LogP) is 3.73. The zero-order chi connectivity index (χ0) is 21.8. The van der Waals surface area contributed by atoms with Crippen LogP contribution in [-0.4, -0.2) is 33.7 Å². The number of hydrogen-bond acceptors (Lipinski definition) is 4. The molecule has 0 unspecified atom stereocenters. The van der Waals surface area contributed by atoms with Gasteiger partial charge in [-0.25, -0.2) is 8.42 Å². The molecule has 1 amide bonds. The summed E-state index contributed by atoms with van der Waals surface area (Å²) in [5.41, 5.74) is 3.32. The first-order valence-electron chi connectivity index (χ1n) is 9.59. The summed E-state index contributed by atoms with van der Waals surface area (Å²) < 4.78 is 31.4. The first-order valence-corrected chi connectivity index (χ1v) is 11.4. The van der Waals surface area contributed by atoms with Gasteiger partial charge in [0.1, 0.15) is 11.8 Å². The minimum absolute atomic E-state index is 0.228. The number of hydrogen-bond donors (Lipinski definition) is 1. The maximum Gasteiger partial charge on any atom is 0.244 e. The Morgan fingerprint density at radius 3 is 2.38 bits per heavy atom. The molecule has 0 aliphatic heterocycles. The van der Waals surface area contributed by atoms with Crippen LogP contribution in [0, 0.1) is 13.8 Å². The van der Waals surface area contributed by atoms with Gasteiger partial charge in [-0.1, -0.05) is 31.2 Å². The number of benzene rings is 2. The normalized spacial score (nSPS) is 13.4. The second-order valence-corrected chi connectivity index (χ2v) is 9.13. The first-order chi connectivity index (χ1) is 13.6. The monoisotopic (exact) mass is 418 g/mol. The van der Waals surface area contributed by atoms with Crippen LogP contribution in [-0.2, 0) is 14.8 Å². The Labute approximate surface area is 173 Å². The van der Waals surface area contributed by atoms with E-state index in [1.165, 1.54) is 4.31 Å². The van der Waals surface area contributed by atoms with Gasteiger partial charge in [-0.15, -0.1) is 0 Å². The van der Waals surface area contributed by atoms with Gasteiger partial charge >= 0.3 is 0 Å². The number of amides is 1. The zero-order valence-corrected chi connectivity index (χ0v) is 18.7. The number of methoxy groups -OCH3 is 1. The topological polar surface area (TPSA) is 75.7 Å². The van der Waals surface area contributed by atoms with E-state index in [9.17, 15) is 13.2 Å². The first kappa shape index (κ1) is 22.7. The Morgan fingerprint density at radius 1 is 1.17 bits per heavy atom. The highest BCUT2D eigenvalue weighted by atomic mass is 32.2. The molecule has 2 aromatic carbocycles. The average molecular weight is 419 g/mol. The van der Waals surface area contributed by atoms with Crippen molar-refractivity contribution in [3.05, 3.63) is 59.2 Å². The highest BCUT2D eigenvalue weighted by molar-refractivity contribution is 7.92. The van der Waals surface area contributed by atoms with Crippen LogP contribution >= 0.6 is 0 Å². The molecule has 0 saturated heterocycles. The lowest BCUT2D eigenvalue weighted by molar-refractivity contribution is -0.122. The van der Waals surface area contributed by atoms with Gasteiger partial charge in [-0.3, -0.25) is 9.10 Å². The highest BCUT2D eigenvalue weighted by Crippen LogP contribution is 2.26.